The Morgan fingerprint density at radius 3 is 1.80 bits per heavy atom. The van der Waals surface area contributed by atoms with Gasteiger partial charge < -0.3 is 15.3 Å². The van der Waals surface area contributed by atoms with E-state index in [-0.39, 0.29) is 20.2 Å². The lowest BCUT2D eigenvalue weighted by atomic mass is 10.7. The third-order valence-electron chi connectivity index (χ3n) is 1.08. The minimum atomic E-state index is -0.208. The van der Waals surface area contributed by atoms with Gasteiger partial charge in [0.05, 0.1) is 26.9 Å². The fourth-order valence-electron chi connectivity index (χ4n) is 0.520. The second kappa shape index (κ2) is 5.57. The van der Waals surface area contributed by atoms with Gasteiger partial charge in [0.2, 0.25) is 0 Å². The van der Waals surface area contributed by atoms with E-state index in [1.807, 2.05) is 0 Å². The Morgan fingerprint density at radius 1 is 1.00 bits per heavy atom. The van der Waals surface area contributed by atoms with Gasteiger partial charge in [-0.05, 0) is 7.05 Å². The number of aliphatic hydroxyl groups excluding tert-OH is 3. The van der Waals surface area contributed by atoms with Crippen LogP contribution in [0.4, 0.5) is 0 Å². The van der Waals surface area contributed by atoms with Crippen molar-refractivity contribution >= 4 is 0 Å². The van der Waals surface area contributed by atoms with Crippen LogP contribution in [0.1, 0.15) is 0 Å². The standard InChI is InChI=1S/C5H14N2O3/c1-6(3-8)2-7(4-9)5-10/h8-10H,2-5H2,1H3. The van der Waals surface area contributed by atoms with Gasteiger partial charge in [-0.3, -0.25) is 4.90 Å². The molecule has 0 aliphatic heterocycles. The molecule has 0 saturated heterocycles. The second-order valence-corrected chi connectivity index (χ2v) is 2.09. The van der Waals surface area contributed by atoms with E-state index in [0.29, 0.717) is 6.67 Å². The first-order valence-corrected chi connectivity index (χ1v) is 2.98. The third-order valence-corrected chi connectivity index (χ3v) is 1.08. The van der Waals surface area contributed by atoms with Crippen molar-refractivity contribution in [3.63, 3.8) is 0 Å². The van der Waals surface area contributed by atoms with Crippen LogP contribution in [0.5, 0.6) is 0 Å². The molecule has 0 aliphatic carbocycles. The first kappa shape index (κ1) is 9.80. The molecule has 5 nitrogen and oxygen atoms in total. The normalized spacial score (nSPS) is 11.4. The Balaban J connectivity index is 3.41. The van der Waals surface area contributed by atoms with Crippen LogP contribution in [0.25, 0.3) is 0 Å². The zero-order valence-electron chi connectivity index (χ0n) is 6.06. The molecule has 5 heteroatoms. The smallest absolute Gasteiger partial charge is 0.0984 e. The fraction of sp³-hybridized carbons (Fsp3) is 1.00. The molecule has 0 radical (unpaired) electrons. The van der Waals surface area contributed by atoms with Gasteiger partial charge in [-0.2, -0.15) is 0 Å². The largest absolute Gasteiger partial charge is 0.381 e. The molecule has 62 valence electrons. The zero-order valence-corrected chi connectivity index (χ0v) is 6.06. The van der Waals surface area contributed by atoms with Crippen LogP contribution in [0.15, 0.2) is 0 Å². The van der Waals surface area contributed by atoms with Gasteiger partial charge in [-0.25, -0.2) is 4.90 Å². The van der Waals surface area contributed by atoms with E-state index in [1.165, 1.54) is 4.90 Å². The Hall–Kier alpha value is -0.200. The van der Waals surface area contributed by atoms with Gasteiger partial charge in [0.15, 0.2) is 0 Å². The molecule has 0 heterocycles. The third kappa shape index (κ3) is 3.76. The summed E-state index contributed by atoms with van der Waals surface area (Å²) in [5, 5.41) is 25.6. The van der Waals surface area contributed by atoms with Gasteiger partial charge in [0.1, 0.15) is 0 Å². The number of rotatable bonds is 5. The van der Waals surface area contributed by atoms with E-state index >= 15 is 0 Å². The van der Waals surface area contributed by atoms with Crippen molar-refractivity contribution in [1.29, 1.82) is 0 Å². The average Bonchev–Trinajstić information content (AvgIpc) is 1.99. The van der Waals surface area contributed by atoms with Crippen molar-refractivity contribution in [1.82, 2.24) is 9.80 Å². The van der Waals surface area contributed by atoms with Crippen molar-refractivity contribution < 1.29 is 15.3 Å². The maximum Gasteiger partial charge on any atom is 0.0984 e. The van der Waals surface area contributed by atoms with Crippen molar-refractivity contribution in [2.24, 2.45) is 0 Å². The summed E-state index contributed by atoms with van der Waals surface area (Å²) in [7, 11) is 1.68. The Labute approximate surface area is 60.1 Å². The number of aliphatic hydroxyl groups is 3. The quantitative estimate of drug-likeness (QED) is 0.397. The van der Waals surface area contributed by atoms with Crippen molar-refractivity contribution in [3.8, 4) is 0 Å². The number of hydrogen-bond donors (Lipinski definition) is 3. The summed E-state index contributed by atoms with van der Waals surface area (Å²) in [5.41, 5.74) is 0. The lowest BCUT2D eigenvalue weighted by molar-refractivity contribution is -0.0228. The van der Waals surface area contributed by atoms with Gasteiger partial charge >= 0.3 is 0 Å². The highest BCUT2D eigenvalue weighted by atomic mass is 16.3. The predicted octanol–water partition coefficient (Wildman–Crippen LogP) is -1.97. The monoisotopic (exact) mass is 150 g/mol. The SMILES string of the molecule is CN(CO)CN(CO)CO. The summed E-state index contributed by atoms with van der Waals surface area (Å²) in [5.74, 6) is 0. The van der Waals surface area contributed by atoms with Crippen molar-refractivity contribution in [2.75, 3.05) is 33.9 Å². The van der Waals surface area contributed by atoms with E-state index in [9.17, 15) is 0 Å². The molecule has 0 aromatic heterocycles. The molecule has 0 aliphatic rings. The molecular weight excluding hydrogens is 136 g/mol. The molecule has 0 spiro atoms. The zero-order chi connectivity index (χ0) is 7.98. The van der Waals surface area contributed by atoms with Gasteiger partial charge in [-0.15, -0.1) is 0 Å². The van der Waals surface area contributed by atoms with Crippen LogP contribution < -0.4 is 0 Å². The van der Waals surface area contributed by atoms with E-state index < -0.39 is 0 Å². The lowest BCUT2D eigenvalue weighted by Gasteiger charge is -2.21. The van der Waals surface area contributed by atoms with Crippen LogP contribution >= 0.6 is 0 Å². The molecule has 0 saturated carbocycles. The highest BCUT2D eigenvalue weighted by Gasteiger charge is 2.02. The first-order chi connectivity index (χ1) is 4.74. The van der Waals surface area contributed by atoms with E-state index in [1.54, 1.807) is 11.9 Å². The van der Waals surface area contributed by atoms with E-state index in [2.05, 4.69) is 0 Å². The second-order valence-electron chi connectivity index (χ2n) is 2.09. The summed E-state index contributed by atoms with van der Waals surface area (Å²) in [4.78, 5) is 2.91. The van der Waals surface area contributed by atoms with Crippen molar-refractivity contribution in [3.05, 3.63) is 0 Å². The molecular formula is C5H14N2O3. The summed E-state index contributed by atoms with van der Waals surface area (Å²) in [6.45, 7) is -0.151. The van der Waals surface area contributed by atoms with Crippen LogP contribution in [-0.4, -0.2) is 59.0 Å². The summed E-state index contributed by atoms with van der Waals surface area (Å²) < 4.78 is 0. The molecule has 0 unspecified atom stereocenters. The van der Waals surface area contributed by atoms with E-state index in [4.69, 9.17) is 15.3 Å². The average molecular weight is 150 g/mol. The Bertz CT molecular complexity index is 77.3. The van der Waals surface area contributed by atoms with Gasteiger partial charge in [-0.1, -0.05) is 0 Å². The van der Waals surface area contributed by atoms with Crippen LogP contribution in [0, 0.1) is 0 Å². The fourth-order valence-corrected chi connectivity index (χ4v) is 0.520. The van der Waals surface area contributed by atoms with Gasteiger partial charge in [0.25, 0.3) is 0 Å². The molecule has 3 N–H and O–H groups in total. The Kier molecular flexibility index (Phi) is 5.46. The Morgan fingerprint density at radius 2 is 1.50 bits per heavy atom. The van der Waals surface area contributed by atoms with Gasteiger partial charge in [0, 0.05) is 0 Å². The predicted molar refractivity (Wildman–Crippen MR) is 35.7 cm³/mol. The first-order valence-electron chi connectivity index (χ1n) is 2.98. The molecule has 0 bridgehead atoms. The number of hydrogen-bond acceptors (Lipinski definition) is 5. The molecule has 0 aromatic carbocycles. The van der Waals surface area contributed by atoms with Crippen LogP contribution in [0.2, 0.25) is 0 Å². The number of nitrogens with zero attached hydrogens (tertiary/aromatic N) is 2. The molecule has 0 aromatic rings. The highest BCUT2D eigenvalue weighted by molar-refractivity contribution is 4.43. The molecule has 10 heavy (non-hydrogen) atoms. The molecule has 0 fully saturated rings. The van der Waals surface area contributed by atoms with E-state index in [0.717, 1.165) is 0 Å². The molecule has 0 rings (SSSR count). The summed E-state index contributed by atoms with van der Waals surface area (Å²) in [6.07, 6.45) is 0. The summed E-state index contributed by atoms with van der Waals surface area (Å²) in [6, 6.07) is 0. The maximum absolute atomic E-state index is 8.53. The minimum Gasteiger partial charge on any atom is -0.381 e. The van der Waals surface area contributed by atoms with Crippen LogP contribution in [0.3, 0.4) is 0 Å². The topological polar surface area (TPSA) is 67.2 Å². The van der Waals surface area contributed by atoms with Crippen molar-refractivity contribution in [2.45, 2.75) is 0 Å². The molecule has 0 atom stereocenters. The van der Waals surface area contributed by atoms with Crippen LogP contribution in [-0.2, 0) is 0 Å². The lowest BCUT2D eigenvalue weighted by Crippen LogP contribution is -2.37. The maximum atomic E-state index is 8.53. The highest BCUT2D eigenvalue weighted by Crippen LogP contribution is 1.86. The summed E-state index contributed by atoms with van der Waals surface area (Å²) >= 11 is 0. The molecule has 0 amide bonds. The minimum absolute atomic E-state index is 0.0868.